The van der Waals surface area contributed by atoms with Gasteiger partial charge in [-0.05, 0) is 24.3 Å². The van der Waals surface area contributed by atoms with Crippen LogP contribution in [0.1, 0.15) is 23.5 Å². The third-order valence-electron chi connectivity index (χ3n) is 3.32. The van der Waals surface area contributed by atoms with E-state index in [1.807, 2.05) is 11.4 Å². The van der Waals surface area contributed by atoms with Crippen LogP contribution in [0.15, 0.2) is 22.7 Å². The zero-order chi connectivity index (χ0) is 15.2. The average molecular weight is 338 g/mol. The molecular formula is C14H18N4O2S2. The molecule has 2 aromatic rings. The number of thioether (sulfide) groups is 1. The molecule has 0 bridgehead atoms. The molecule has 6 nitrogen and oxygen atoms in total. The topological polar surface area (TPSA) is 79.9 Å². The number of hydrogen-bond acceptors (Lipinski definition) is 6. The van der Waals surface area contributed by atoms with E-state index in [1.54, 1.807) is 11.3 Å². The first-order chi connectivity index (χ1) is 10.8. The van der Waals surface area contributed by atoms with Gasteiger partial charge in [0.25, 0.3) is 0 Å². The lowest BCUT2D eigenvalue weighted by molar-refractivity contribution is -0.119. The molecule has 0 unspecified atom stereocenters. The largest absolute Gasteiger partial charge is 0.376 e. The third-order valence-corrected chi connectivity index (χ3v) is 5.04. The molecule has 118 valence electrons. The van der Waals surface area contributed by atoms with Crippen molar-refractivity contribution in [1.82, 2.24) is 20.5 Å². The van der Waals surface area contributed by atoms with Crippen LogP contribution in [0.4, 0.5) is 0 Å². The lowest BCUT2D eigenvalue weighted by Crippen LogP contribution is -2.32. The predicted molar refractivity (Wildman–Crippen MR) is 86.2 cm³/mol. The standard InChI is InChI=1S/C14H18N4O2S2/c19-13(15-8-10-3-1-5-20-10)9-22-14-16-12(17-18-14)7-11-4-2-6-21-11/h2,4,6,10H,1,3,5,7-9H2,(H,15,19)(H,16,17,18)/t10-/m0/s1. The molecule has 1 amide bonds. The Hall–Kier alpha value is -1.38. The van der Waals surface area contributed by atoms with Crippen molar-refractivity contribution in [3.05, 3.63) is 28.2 Å². The van der Waals surface area contributed by atoms with Crippen LogP contribution in [0, 0.1) is 0 Å². The van der Waals surface area contributed by atoms with Gasteiger partial charge in [-0.2, -0.15) is 0 Å². The van der Waals surface area contributed by atoms with Gasteiger partial charge in [0.2, 0.25) is 11.1 Å². The lowest BCUT2D eigenvalue weighted by atomic mass is 10.2. The highest BCUT2D eigenvalue weighted by molar-refractivity contribution is 7.99. The minimum atomic E-state index is -0.00916. The molecule has 1 fully saturated rings. The molecule has 3 heterocycles. The molecule has 0 saturated carbocycles. The summed E-state index contributed by atoms with van der Waals surface area (Å²) in [6.45, 7) is 1.40. The molecule has 0 aromatic carbocycles. The minimum absolute atomic E-state index is 0.00916. The zero-order valence-electron chi connectivity index (χ0n) is 12.1. The van der Waals surface area contributed by atoms with Crippen LogP contribution in [-0.2, 0) is 16.0 Å². The van der Waals surface area contributed by atoms with Crippen LogP contribution < -0.4 is 5.32 Å². The van der Waals surface area contributed by atoms with Crippen molar-refractivity contribution < 1.29 is 9.53 Å². The van der Waals surface area contributed by atoms with Gasteiger partial charge in [-0.25, -0.2) is 4.98 Å². The fourth-order valence-electron chi connectivity index (χ4n) is 2.21. The van der Waals surface area contributed by atoms with Crippen molar-refractivity contribution >= 4 is 29.0 Å². The Morgan fingerprint density at radius 1 is 1.59 bits per heavy atom. The van der Waals surface area contributed by atoms with Gasteiger partial charge in [-0.3, -0.25) is 9.89 Å². The number of H-pyrrole nitrogens is 1. The van der Waals surface area contributed by atoms with Crippen LogP contribution in [-0.4, -0.2) is 46.1 Å². The Bertz CT molecular complexity index is 594. The maximum Gasteiger partial charge on any atom is 0.230 e. The molecule has 22 heavy (non-hydrogen) atoms. The van der Waals surface area contributed by atoms with E-state index >= 15 is 0 Å². The number of aromatic amines is 1. The number of aromatic nitrogens is 3. The van der Waals surface area contributed by atoms with Gasteiger partial charge in [-0.15, -0.1) is 16.4 Å². The van der Waals surface area contributed by atoms with Gasteiger partial charge in [0.1, 0.15) is 5.82 Å². The zero-order valence-corrected chi connectivity index (χ0v) is 13.7. The van der Waals surface area contributed by atoms with Crippen molar-refractivity contribution in [2.24, 2.45) is 0 Å². The fraction of sp³-hybridized carbons (Fsp3) is 0.500. The van der Waals surface area contributed by atoms with Crippen molar-refractivity contribution in [2.75, 3.05) is 18.9 Å². The summed E-state index contributed by atoms with van der Waals surface area (Å²) in [6, 6.07) is 4.09. The molecule has 0 spiro atoms. The third kappa shape index (κ3) is 4.56. The second-order valence-electron chi connectivity index (χ2n) is 5.05. The Kier molecular flexibility index (Phi) is 5.47. The van der Waals surface area contributed by atoms with Crippen molar-refractivity contribution in [2.45, 2.75) is 30.5 Å². The first-order valence-corrected chi connectivity index (χ1v) is 9.11. The SMILES string of the molecule is O=C(CSc1n[nH]c(Cc2cccs2)n1)NC[C@@H]1CCCO1. The maximum atomic E-state index is 11.8. The number of hydrogen-bond donors (Lipinski definition) is 2. The maximum absolute atomic E-state index is 11.8. The second-order valence-corrected chi connectivity index (χ2v) is 7.02. The predicted octanol–water partition coefficient (Wildman–Crippen LogP) is 1.84. The quantitative estimate of drug-likeness (QED) is 0.753. The van der Waals surface area contributed by atoms with E-state index in [1.165, 1.54) is 16.6 Å². The highest BCUT2D eigenvalue weighted by Gasteiger charge is 2.16. The summed E-state index contributed by atoms with van der Waals surface area (Å²) >= 11 is 3.03. The van der Waals surface area contributed by atoms with Crippen LogP contribution in [0.5, 0.6) is 0 Å². The van der Waals surface area contributed by atoms with E-state index in [0.717, 1.165) is 31.7 Å². The van der Waals surface area contributed by atoms with Gasteiger partial charge in [0, 0.05) is 24.4 Å². The molecule has 0 radical (unpaired) electrons. The highest BCUT2D eigenvalue weighted by Crippen LogP contribution is 2.16. The van der Waals surface area contributed by atoms with Crippen LogP contribution in [0.25, 0.3) is 0 Å². The first-order valence-electron chi connectivity index (χ1n) is 7.24. The molecule has 1 saturated heterocycles. The Morgan fingerprint density at radius 2 is 2.55 bits per heavy atom. The summed E-state index contributed by atoms with van der Waals surface area (Å²) in [5.41, 5.74) is 0. The molecule has 1 atom stereocenters. The monoisotopic (exact) mass is 338 g/mol. The van der Waals surface area contributed by atoms with E-state index in [4.69, 9.17) is 4.74 Å². The summed E-state index contributed by atoms with van der Waals surface area (Å²) in [5, 5.41) is 12.6. The molecule has 1 aliphatic rings. The van der Waals surface area contributed by atoms with E-state index in [2.05, 4.69) is 26.6 Å². The fourth-order valence-corrected chi connectivity index (χ4v) is 3.57. The molecule has 3 rings (SSSR count). The van der Waals surface area contributed by atoms with Crippen molar-refractivity contribution in [3.8, 4) is 0 Å². The highest BCUT2D eigenvalue weighted by atomic mass is 32.2. The lowest BCUT2D eigenvalue weighted by Gasteiger charge is -2.09. The van der Waals surface area contributed by atoms with E-state index in [9.17, 15) is 4.79 Å². The molecular weight excluding hydrogens is 320 g/mol. The number of rotatable bonds is 7. The summed E-state index contributed by atoms with van der Waals surface area (Å²) in [5.74, 6) is 1.14. The average Bonchev–Trinajstić information content (AvgIpc) is 3.26. The van der Waals surface area contributed by atoms with Crippen LogP contribution in [0.3, 0.4) is 0 Å². The molecule has 1 aliphatic heterocycles. The van der Waals surface area contributed by atoms with Crippen LogP contribution >= 0.6 is 23.1 Å². The summed E-state index contributed by atoms with van der Waals surface area (Å²) in [7, 11) is 0. The smallest absolute Gasteiger partial charge is 0.230 e. The summed E-state index contributed by atoms with van der Waals surface area (Å²) in [4.78, 5) is 17.4. The minimum Gasteiger partial charge on any atom is -0.376 e. The van der Waals surface area contributed by atoms with E-state index in [-0.39, 0.29) is 12.0 Å². The Morgan fingerprint density at radius 3 is 3.32 bits per heavy atom. The van der Waals surface area contributed by atoms with Gasteiger partial charge in [0.15, 0.2) is 0 Å². The normalized spacial score (nSPS) is 17.7. The number of nitrogens with zero attached hydrogens (tertiary/aromatic N) is 2. The number of carbonyl (C=O) groups excluding carboxylic acids is 1. The van der Waals surface area contributed by atoms with Crippen molar-refractivity contribution in [3.63, 3.8) is 0 Å². The van der Waals surface area contributed by atoms with Crippen LogP contribution in [0.2, 0.25) is 0 Å². The number of ether oxygens (including phenoxy) is 1. The number of thiophene rings is 1. The van der Waals surface area contributed by atoms with Gasteiger partial charge in [-0.1, -0.05) is 17.8 Å². The Labute approximate surface area is 137 Å². The molecule has 0 aliphatic carbocycles. The molecule has 2 aromatic heterocycles. The number of nitrogens with one attached hydrogen (secondary N) is 2. The van der Waals surface area contributed by atoms with E-state index < -0.39 is 0 Å². The molecule has 2 N–H and O–H groups in total. The van der Waals surface area contributed by atoms with E-state index in [0.29, 0.717) is 17.5 Å². The van der Waals surface area contributed by atoms with Crippen molar-refractivity contribution in [1.29, 1.82) is 0 Å². The number of carbonyl (C=O) groups is 1. The Balaban J connectivity index is 1.39. The van der Waals surface area contributed by atoms with Gasteiger partial charge < -0.3 is 10.1 Å². The molecule has 8 heteroatoms. The second kappa shape index (κ2) is 7.75. The summed E-state index contributed by atoms with van der Waals surface area (Å²) in [6.07, 6.45) is 3.03. The van der Waals surface area contributed by atoms with Gasteiger partial charge >= 0.3 is 0 Å². The first kappa shape index (κ1) is 15.5. The number of amides is 1. The summed E-state index contributed by atoms with van der Waals surface area (Å²) < 4.78 is 5.47. The van der Waals surface area contributed by atoms with Gasteiger partial charge in [0.05, 0.1) is 11.9 Å².